The predicted molar refractivity (Wildman–Crippen MR) is 125 cm³/mol. The third-order valence-electron chi connectivity index (χ3n) is 3.91. The minimum atomic E-state index is -0.425. The Kier molecular flexibility index (Phi) is 7.27. The van der Waals surface area contributed by atoms with Gasteiger partial charge in [-0.2, -0.15) is 5.26 Å². The molecule has 0 atom stereocenters. The molecule has 2 nitrogen and oxygen atoms in total. The van der Waals surface area contributed by atoms with Crippen molar-refractivity contribution in [3.63, 3.8) is 0 Å². The summed E-state index contributed by atoms with van der Waals surface area (Å²) < 4.78 is 22.6. The Morgan fingerprint density at radius 2 is 1.71 bits per heavy atom. The van der Waals surface area contributed by atoms with Crippen LogP contribution < -0.4 is 4.74 Å². The summed E-state index contributed by atoms with van der Waals surface area (Å²) in [6.07, 6.45) is 1.65. The molecule has 0 saturated carbocycles. The maximum Gasteiger partial charge on any atom is 0.148 e. The number of halogens is 4. The van der Waals surface area contributed by atoms with Crippen molar-refractivity contribution in [3.05, 3.63) is 95.7 Å². The van der Waals surface area contributed by atoms with E-state index in [1.807, 2.05) is 36.4 Å². The van der Waals surface area contributed by atoms with E-state index in [2.05, 4.69) is 60.5 Å². The smallest absolute Gasteiger partial charge is 0.148 e. The number of rotatable bonds is 5. The fourth-order valence-corrected chi connectivity index (χ4v) is 4.36. The third-order valence-corrected chi connectivity index (χ3v) is 5.81. The van der Waals surface area contributed by atoms with Crippen LogP contribution in [0.15, 0.2) is 69.6 Å². The number of benzene rings is 3. The molecule has 0 radical (unpaired) electrons. The average Bonchev–Trinajstić information content (AvgIpc) is 2.67. The average molecular weight is 613 g/mol. The zero-order valence-corrected chi connectivity index (χ0v) is 19.8. The zero-order chi connectivity index (χ0) is 20.1. The van der Waals surface area contributed by atoms with Gasteiger partial charge in [-0.1, -0.05) is 30.3 Å². The van der Waals surface area contributed by atoms with E-state index in [0.29, 0.717) is 12.4 Å². The molecule has 0 spiro atoms. The van der Waals surface area contributed by atoms with Crippen LogP contribution in [0.1, 0.15) is 16.7 Å². The number of nitriles is 1. The van der Waals surface area contributed by atoms with Crippen molar-refractivity contribution in [2.45, 2.75) is 6.61 Å². The molecule has 0 saturated heterocycles. The summed E-state index contributed by atoms with van der Waals surface area (Å²) in [5, 5.41) is 9.45. The van der Waals surface area contributed by atoms with E-state index in [9.17, 15) is 9.65 Å². The Balaban J connectivity index is 1.86. The Morgan fingerprint density at radius 1 is 1.07 bits per heavy atom. The number of hydrogen-bond acceptors (Lipinski definition) is 2. The first-order valence-corrected chi connectivity index (χ1v) is 10.9. The monoisotopic (exact) mass is 611 g/mol. The van der Waals surface area contributed by atoms with Crippen molar-refractivity contribution in [3.8, 4) is 11.8 Å². The van der Waals surface area contributed by atoms with E-state index in [0.717, 1.165) is 20.1 Å². The highest BCUT2D eigenvalue weighted by atomic mass is 127. The minimum absolute atomic E-state index is 0.254. The van der Waals surface area contributed by atoms with Gasteiger partial charge in [-0.15, -0.1) is 0 Å². The first kappa shape index (κ1) is 21.0. The van der Waals surface area contributed by atoms with Gasteiger partial charge < -0.3 is 4.74 Å². The van der Waals surface area contributed by atoms with E-state index < -0.39 is 5.82 Å². The van der Waals surface area contributed by atoms with Crippen LogP contribution in [0.5, 0.6) is 5.75 Å². The third kappa shape index (κ3) is 5.22. The van der Waals surface area contributed by atoms with E-state index in [-0.39, 0.29) is 11.1 Å². The SMILES string of the molecule is N#C/C(=C/c1cc(Br)c(OCc2ccc(I)cc2)c(Br)c1)c1ccccc1F. The summed E-state index contributed by atoms with van der Waals surface area (Å²) >= 11 is 9.31. The normalized spacial score (nSPS) is 11.2. The maximum atomic E-state index is 14.0. The predicted octanol–water partition coefficient (Wildman–Crippen LogP) is 7.60. The van der Waals surface area contributed by atoms with Crippen LogP contribution in [0.4, 0.5) is 4.39 Å². The summed E-state index contributed by atoms with van der Waals surface area (Å²) in [4.78, 5) is 0. The van der Waals surface area contributed by atoms with E-state index in [1.54, 1.807) is 24.3 Å². The molecule has 0 aromatic heterocycles. The summed E-state index contributed by atoms with van der Waals surface area (Å²) in [7, 11) is 0. The molecule has 140 valence electrons. The van der Waals surface area contributed by atoms with Crippen LogP contribution in [0.3, 0.4) is 0 Å². The lowest BCUT2D eigenvalue weighted by Crippen LogP contribution is -1.97. The molecular formula is C22H13Br2FINO. The van der Waals surface area contributed by atoms with Crippen molar-refractivity contribution >= 4 is 66.1 Å². The standard InChI is InChI=1S/C22H13Br2FINO/c23-19-10-15(9-16(12-27)18-3-1-2-4-21(18)25)11-20(24)22(19)28-13-14-5-7-17(26)8-6-14/h1-11H,13H2/b16-9-. The van der Waals surface area contributed by atoms with Crippen LogP contribution >= 0.6 is 54.5 Å². The molecule has 3 aromatic rings. The molecule has 0 heterocycles. The van der Waals surface area contributed by atoms with Crippen molar-refractivity contribution in [2.24, 2.45) is 0 Å². The van der Waals surface area contributed by atoms with Gasteiger partial charge >= 0.3 is 0 Å². The molecular weight excluding hydrogens is 600 g/mol. The van der Waals surface area contributed by atoms with Gasteiger partial charge in [0, 0.05) is 9.13 Å². The van der Waals surface area contributed by atoms with Gasteiger partial charge in [0.15, 0.2) is 0 Å². The van der Waals surface area contributed by atoms with Gasteiger partial charge in [0.1, 0.15) is 18.2 Å². The van der Waals surface area contributed by atoms with Gasteiger partial charge in [0.2, 0.25) is 0 Å². The molecule has 0 amide bonds. The highest BCUT2D eigenvalue weighted by Gasteiger charge is 2.11. The van der Waals surface area contributed by atoms with Crippen LogP contribution in [-0.2, 0) is 6.61 Å². The topological polar surface area (TPSA) is 33.0 Å². The molecule has 0 aliphatic rings. The highest BCUT2D eigenvalue weighted by Crippen LogP contribution is 2.36. The molecule has 0 N–H and O–H groups in total. The van der Waals surface area contributed by atoms with Gasteiger partial charge in [-0.3, -0.25) is 0 Å². The Labute approximate surface area is 193 Å². The highest BCUT2D eigenvalue weighted by molar-refractivity contribution is 14.1. The number of ether oxygens (including phenoxy) is 1. The number of allylic oxidation sites excluding steroid dienone is 1. The molecule has 0 aliphatic carbocycles. The molecule has 0 bridgehead atoms. The summed E-state index contributed by atoms with van der Waals surface area (Å²) in [6, 6.07) is 20.1. The second-order valence-electron chi connectivity index (χ2n) is 5.88. The molecule has 0 fully saturated rings. The minimum Gasteiger partial charge on any atom is -0.487 e. The summed E-state index contributed by atoms with van der Waals surface area (Å²) in [6.45, 7) is 0.433. The number of hydrogen-bond donors (Lipinski definition) is 0. The van der Waals surface area contributed by atoms with Crippen molar-refractivity contribution < 1.29 is 9.13 Å². The van der Waals surface area contributed by atoms with Crippen LogP contribution in [0.2, 0.25) is 0 Å². The molecule has 3 rings (SSSR count). The molecule has 6 heteroatoms. The van der Waals surface area contributed by atoms with Crippen molar-refractivity contribution in [2.75, 3.05) is 0 Å². The molecule has 3 aromatic carbocycles. The number of nitrogens with zero attached hydrogens (tertiary/aromatic N) is 1. The quantitative estimate of drug-likeness (QED) is 0.169. The summed E-state index contributed by atoms with van der Waals surface area (Å²) in [5.74, 6) is 0.242. The maximum absolute atomic E-state index is 14.0. The lowest BCUT2D eigenvalue weighted by molar-refractivity contribution is 0.302. The Hall–Kier alpha value is -1.69. The zero-order valence-electron chi connectivity index (χ0n) is 14.4. The van der Waals surface area contributed by atoms with Gasteiger partial charge in [0.25, 0.3) is 0 Å². The van der Waals surface area contributed by atoms with Crippen LogP contribution in [0.25, 0.3) is 11.6 Å². The Bertz CT molecular complexity index is 1050. The van der Waals surface area contributed by atoms with E-state index in [4.69, 9.17) is 4.74 Å². The molecule has 28 heavy (non-hydrogen) atoms. The van der Waals surface area contributed by atoms with Crippen LogP contribution in [0, 0.1) is 20.7 Å². The van der Waals surface area contributed by atoms with Gasteiger partial charge in [-0.25, -0.2) is 4.39 Å². The lowest BCUT2D eigenvalue weighted by atomic mass is 10.0. The summed E-state index contributed by atoms with van der Waals surface area (Å²) in [5.41, 5.74) is 2.34. The van der Waals surface area contributed by atoms with Crippen molar-refractivity contribution in [1.82, 2.24) is 0 Å². The fourth-order valence-electron chi connectivity index (χ4n) is 2.55. The van der Waals surface area contributed by atoms with E-state index in [1.165, 1.54) is 9.64 Å². The molecule has 0 aliphatic heterocycles. The van der Waals surface area contributed by atoms with Gasteiger partial charge in [0.05, 0.1) is 20.6 Å². The van der Waals surface area contributed by atoms with Crippen LogP contribution in [-0.4, -0.2) is 0 Å². The fraction of sp³-hybridized carbons (Fsp3) is 0.0455. The largest absolute Gasteiger partial charge is 0.487 e. The van der Waals surface area contributed by atoms with E-state index >= 15 is 0 Å². The molecule has 0 unspecified atom stereocenters. The second kappa shape index (κ2) is 9.68. The van der Waals surface area contributed by atoms with Gasteiger partial charge in [-0.05, 0) is 102 Å². The first-order valence-electron chi connectivity index (χ1n) is 8.21. The Morgan fingerprint density at radius 3 is 2.32 bits per heavy atom. The first-order chi connectivity index (χ1) is 13.5. The lowest BCUT2D eigenvalue weighted by Gasteiger charge is -2.12. The second-order valence-corrected chi connectivity index (χ2v) is 8.83. The van der Waals surface area contributed by atoms with Crippen molar-refractivity contribution in [1.29, 1.82) is 5.26 Å².